The third-order valence-electron chi connectivity index (χ3n) is 2.86. The van der Waals surface area contributed by atoms with Gasteiger partial charge in [-0.25, -0.2) is 14.8 Å². The van der Waals surface area contributed by atoms with Gasteiger partial charge in [0.05, 0.1) is 16.6 Å². The van der Waals surface area contributed by atoms with Gasteiger partial charge in [0, 0.05) is 12.7 Å². The summed E-state index contributed by atoms with van der Waals surface area (Å²) in [6.07, 6.45) is 3.41. The highest BCUT2D eigenvalue weighted by molar-refractivity contribution is 7.78. The quantitative estimate of drug-likeness (QED) is 0.721. The highest BCUT2D eigenvalue weighted by atomic mass is 32.1. The van der Waals surface area contributed by atoms with Crippen molar-refractivity contribution >= 4 is 47.2 Å². The lowest BCUT2D eigenvalue weighted by Gasteiger charge is -2.13. The number of nitrogens with zero attached hydrogens (tertiary/aromatic N) is 5. The van der Waals surface area contributed by atoms with Crippen molar-refractivity contribution < 1.29 is 4.79 Å². The number of amides is 2. The number of hydrogen-bond acceptors (Lipinski definition) is 7. The van der Waals surface area contributed by atoms with Crippen LogP contribution in [-0.2, 0) is 0 Å². The van der Waals surface area contributed by atoms with Crippen LogP contribution in [0.5, 0.6) is 0 Å². The van der Waals surface area contributed by atoms with E-state index < -0.39 is 0 Å². The third kappa shape index (κ3) is 3.00. The van der Waals surface area contributed by atoms with E-state index in [9.17, 15) is 4.79 Å². The minimum absolute atomic E-state index is 0.343. The van der Waals surface area contributed by atoms with Gasteiger partial charge >= 0.3 is 6.03 Å². The fourth-order valence-corrected chi connectivity index (χ4v) is 2.37. The molecule has 3 aromatic heterocycles. The number of carbonyl (C=O) groups excluding carboxylic acids is 1. The molecule has 2 amide bonds. The second-order valence-electron chi connectivity index (χ2n) is 4.31. The van der Waals surface area contributed by atoms with Crippen molar-refractivity contribution in [1.29, 1.82) is 0 Å². The number of thiazole rings is 1. The monoisotopic (exact) mass is 332 g/mol. The van der Waals surface area contributed by atoms with Gasteiger partial charge in [-0.2, -0.15) is 0 Å². The van der Waals surface area contributed by atoms with Crippen LogP contribution in [0.4, 0.5) is 10.6 Å². The van der Waals surface area contributed by atoms with Crippen LogP contribution >= 0.6 is 24.2 Å². The molecule has 0 aliphatic heterocycles. The van der Waals surface area contributed by atoms with Gasteiger partial charge in [0.1, 0.15) is 17.0 Å². The molecule has 0 fully saturated rings. The molecular formula is C13H12N6OS2. The molecule has 22 heavy (non-hydrogen) atoms. The largest absolute Gasteiger partial charge is 0.332 e. The van der Waals surface area contributed by atoms with Crippen molar-refractivity contribution in [2.45, 2.75) is 6.92 Å². The topological polar surface area (TPSA) is 83.9 Å². The fraction of sp³-hybridized carbons (Fsp3) is 0.154. The standard InChI is InChI=1S/C13H12N6OS2/c1-2-19(21)13(20)18-11-4-3-8-12(17-11)16-9(5-15-8)10-6-14-7-22-10/h3-7,21H,2H2,1H3,(H,16,17,18,20). The van der Waals surface area contributed by atoms with Gasteiger partial charge in [-0.15, -0.1) is 11.3 Å². The third-order valence-corrected chi connectivity index (χ3v) is 4.12. The Bertz CT molecular complexity index is 807. The summed E-state index contributed by atoms with van der Waals surface area (Å²) in [6.45, 7) is 2.31. The van der Waals surface area contributed by atoms with E-state index in [-0.39, 0.29) is 6.03 Å². The molecule has 9 heteroatoms. The normalized spacial score (nSPS) is 10.6. The molecule has 1 N–H and O–H groups in total. The van der Waals surface area contributed by atoms with Crippen LogP contribution in [0.15, 0.2) is 30.0 Å². The molecule has 0 saturated carbocycles. The first kappa shape index (κ1) is 14.7. The van der Waals surface area contributed by atoms with E-state index in [1.165, 1.54) is 15.6 Å². The average molecular weight is 332 g/mol. The van der Waals surface area contributed by atoms with Gasteiger partial charge < -0.3 is 0 Å². The summed E-state index contributed by atoms with van der Waals surface area (Å²) >= 11 is 5.52. The summed E-state index contributed by atoms with van der Waals surface area (Å²) in [5.74, 6) is 0.403. The molecule has 0 saturated heterocycles. The maximum Gasteiger partial charge on any atom is 0.332 e. The molecule has 0 aliphatic carbocycles. The smallest absolute Gasteiger partial charge is 0.291 e. The Labute approximate surface area is 136 Å². The lowest BCUT2D eigenvalue weighted by Crippen LogP contribution is -2.27. The zero-order valence-electron chi connectivity index (χ0n) is 11.6. The first-order valence-electron chi connectivity index (χ1n) is 6.47. The summed E-state index contributed by atoms with van der Waals surface area (Å²) in [5.41, 5.74) is 3.56. The van der Waals surface area contributed by atoms with Gasteiger partial charge in [0.15, 0.2) is 5.65 Å². The number of rotatable bonds is 3. The van der Waals surface area contributed by atoms with Gasteiger partial charge in [-0.3, -0.25) is 19.6 Å². The van der Waals surface area contributed by atoms with Crippen LogP contribution < -0.4 is 5.32 Å². The summed E-state index contributed by atoms with van der Waals surface area (Å²) < 4.78 is 1.26. The molecular weight excluding hydrogens is 320 g/mol. The van der Waals surface area contributed by atoms with Crippen molar-refractivity contribution in [3.63, 3.8) is 0 Å². The molecule has 3 rings (SSSR count). The van der Waals surface area contributed by atoms with Crippen LogP contribution in [-0.4, -0.2) is 36.8 Å². The van der Waals surface area contributed by atoms with Crippen molar-refractivity contribution in [1.82, 2.24) is 24.2 Å². The molecule has 0 radical (unpaired) electrons. The SMILES string of the molecule is CCN(S)C(=O)Nc1ccc2ncc(-c3cncs3)nc2n1. The molecule has 0 aliphatic rings. The summed E-state index contributed by atoms with van der Waals surface area (Å²) in [4.78, 5) is 29.8. The minimum Gasteiger partial charge on any atom is -0.291 e. The molecule has 0 aromatic carbocycles. The molecule has 0 bridgehead atoms. The van der Waals surface area contributed by atoms with Crippen LogP contribution in [0.25, 0.3) is 21.7 Å². The predicted molar refractivity (Wildman–Crippen MR) is 88.8 cm³/mol. The van der Waals surface area contributed by atoms with E-state index in [0.717, 1.165) is 4.88 Å². The van der Waals surface area contributed by atoms with E-state index in [2.05, 4.69) is 38.1 Å². The predicted octanol–water partition coefficient (Wildman–Crippen LogP) is 2.85. The van der Waals surface area contributed by atoms with E-state index in [1.54, 1.807) is 30.0 Å². The number of thiol groups is 1. The summed E-state index contributed by atoms with van der Waals surface area (Å²) in [7, 11) is 0. The highest BCUT2D eigenvalue weighted by Gasteiger charge is 2.10. The molecule has 0 spiro atoms. The number of nitrogens with one attached hydrogen (secondary N) is 1. The minimum atomic E-state index is -0.343. The average Bonchev–Trinajstić information content (AvgIpc) is 3.07. The van der Waals surface area contributed by atoms with E-state index in [1.807, 2.05) is 6.92 Å². The molecule has 3 heterocycles. The van der Waals surface area contributed by atoms with Crippen molar-refractivity contribution in [3.05, 3.63) is 30.0 Å². The Morgan fingerprint density at radius 1 is 1.36 bits per heavy atom. The Balaban J connectivity index is 1.92. The summed E-state index contributed by atoms with van der Waals surface area (Å²) in [6, 6.07) is 3.10. The lowest BCUT2D eigenvalue weighted by atomic mass is 10.3. The fourth-order valence-electron chi connectivity index (χ4n) is 1.75. The summed E-state index contributed by atoms with van der Waals surface area (Å²) in [5, 5.41) is 2.66. The molecule has 0 atom stereocenters. The first-order chi connectivity index (χ1) is 10.7. The number of urea groups is 1. The highest BCUT2D eigenvalue weighted by Crippen LogP contribution is 2.22. The van der Waals surface area contributed by atoms with E-state index in [0.29, 0.717) is 29.2 Å². The zero-order valence-corrected chi connectivity index (χ0v) is 13.3. The van der Waals surface area contributed by atoms with Crippen LogP contribution in [0.3, 0.4) is 0 Å². The Hall–Kier alpha value is -2.26. The second-order valence-corrected chi connectivity index (χ2v) is 5.68. The Morgan fingerprint density at radius 2 is 2.23 bits per heavy atom. The molecule has 112 valence electrons. The van der Waals surface area contributed by atoms with Gasteiger partial charge in [-0.1, -0.05) is 12.8 Å². The number of pyridine rings is 1. The number of hydrogen-bond donors (Lipinski definition) is 2. The second kappa shape index (κ2) is 6.24. The zero-order chi connectivity index (χ0) is 15.5. The Kier molecular flexibility index (Phi) is 4.16. The number of aromatic nitrogens is 4. The van der Waals surface area contributed by atoms with Crippen LogP contribution in [0.2, 0.25) is 0 Å². The van der Waals surface area contributed by atoms with Crippen molar-refractivity contribution in [2.75, 3.05) is 11.9 Å². The lowest BCUT2D eigenvalue weighted by molar-refractivity contribution is 0.240. The maximum absolute atomic E-state index is 11.8. The number of carbonyl (C=O) groups is 1. The van der Waals surface area contributed by atoms with Gasteiger partial charge in [0.2, 0.25) is 0 Å². The number of anilines is 1. The molecule has 7 nitrogen and oxygen atoms in total. The molecule has 3 aromatic rings. The maximum atomic E-state index is 11.8. The van der Waals surface area contributed by atoms with Crippen molar-refractivity contribution in [2.24, 2.45) is 0 Å². The van der Waals surface area contributed by atoms with E-state index >= 15 is 0 Å². The van der Waals surface area contributed by atoms with Crippen molar-refractivity contribution in [3.8, 4) is 10.6 Å². The van der Waals surface area contributed by atoms with E-state index in [4.69, 9.17) is 0 Å². The molecule has 0 unspecified atom stereocenters. The number of fused-ring (bicyclic) bond motifs is 1. The Morgan fingerprint density at radius 3 is 2.95 bits per heavy atom. The van der Waals surface area contributed by atoms with Crippen LogP contribution in [0.1, 0.15) is 6.92 Å². The van der Waals surface area contributed by atoms with Gasteiger partial charge in [0.25, 0.3) is 0 Å². The first-order valence-corrected chi connectivity index (χ1v) is 7.75. The van der Waals surface area contributed by atoms with Crippen LogP contribution in [0, 0.1) is 0 Å². The van der Waals surface area contributed by atoms with Gasteiger partial charge in [-0.05, 0) is 19.1 Å².